The van der Waals surface area contributed by atoms with Crippen LogP contribution in [0.1, 0.15) is 13.3 Å². The van der Waals surface area contributed by atoms with Gasteiger partial charge in [-0.25, -0.2) is 0 Å². The van der Waals surface area contributed by atoms with Crippen molar-refractivity contribution in [1.29, 1.82) is 0 Å². The molecule has 4 N–H and O–H groups in total. The average Bonchev–Trinajstić information content (AvgIpc) is 2.01. The van der Waals surface area contributed by atoms with E-state index >= 15 is 0 Å². The molecule has 1 aliphatic heterocycles. The van der Waals surface area contributed by atoms with E-state index in [1.165, 1.54) is 0 Å². The number of nitrogens with one attached hydrogen (secondary N) is 1. The lowest BCUT2D eigenvalue weighted by Gasteiger charge is -2.36. The molecular formula is C8H18N2O2. The molecule has 4 heteroatoms. The lowest BCUT2D eigenvalue weighted by Crippen LogP contribution is -2.53. The van der Waals surface area contributed by atoms with Crippen molar-refractivity contribution in [3.05, 3.63) is 0 Å². The first-order valence-electron chi connectivity index (χ1n) is 4.39. The number of aliphatic hydroxyl groups is 1. The van der Waals surface area contributed by atoms with Gasteiger partial charge in [-0.2, -0.15) is 0 Å². The van der Waals surface area contributed by atoms with E-state index in [0.29, 0.717) is 6.42 Å². The van der Waals surface area contributed by atoms with Crippen molar-refractivity contribution in [1.82, 2.24) is 5.32 Å². The second-order valence-electron chi connectivity index (χ2n) is 3.40. The summed E-state index contributed by atoms with van der Waals surface area (Å²) in [4.78, 5) is 0. The Morgan fingerprint density at radius 1 is 1.67 bits per heavy atom. The van der Waals surface area contributed by atoms with E-state index < -0.39 is 6.10 Å². The van der Waals surface area contributed by atoms with Crippen LogP contribution >= 0.6 is 0 Å². The zero-order valence-electron chi connectivity index (χ0n) is 7.66. The van der Waals surface area contributed by atoms with Gasteiger partial charge in [0.05, 0.1) is 18.3 Å². The maximum atomic E-state index is 9.41. The molecule has 0 aromatic heterocycles. The first-order chi connectivity index (χ1) is 5.65. The molecule has 1 aliphatic rings. The summed E-state index contributed by atoms with van der Waals surface area (Å²) in [5.41, 5.74) is 5.79. The van der Waals surface area contributed by atoms with E-state index in [9.17, 15) is 5.11 Å². The highest BCUT2D eigenvalue weighted by Crippen LogP contribution is 2.17. The minimum atomic E-state index is -0.409. The summed E-state index contributed by atoms with van der Waals surface area (Å²) < 4.78 is 5.51. The molecule has 0 aromatic rings. The van der Waals surface area contributed by atoms with Gasteiger partial charge in [-0.15, -0.1) is 0 Å². The lowest BCUT2D eigenvalue weighted by molar-refractivity contribution is -0.115. The van der Waals surface area contributed by atoms with Crippen LogP contribution in [0.5, 0.6) is 0 Å². The third-order valence-corrected chi connectivity index (χ3v) is 2.33. The van der Waals surface area contributed by atoms with Gasteiger partial charge in [0.25, 0.3) is 0 Å². The van der Waals surface area contributed by atoms with Crippen LogP contribution in [0.2, 0.25) is 0 Å². The smallest absolute Gasteiger partial charge is 0.0855 e. The standard InChI is InChI=1S/C8H18N2O2/c1-5-7(11)3-6(9)8(12-5)4-10-2/h5-8,10-11H,3-4,9H2,1-2H3/t5-,6+,7-,8-/m1/s1. The molecule has 4 nitrogen and oxygen atoms in total. The number of hydrogen-bond donors (Lipinski definition) is 3. The molecule has 0 spiro atoms. The van der Waals surface area contributed by atoms with Gasteiger partial charge in [0.1, 0.15) is 0 Å². The van der Waals surface area contributed by atoms with Crippen LogP contribution < -0.4 is 11.1 Å². The predicted molar refractivity (Wildman–Crippen MR) is 46.9 cm³/mol. The maximum absolute atomic E-state index is 9.41. The number of nitrogens with two attached hydrogens (primary N) is 1. The first kappa shape index (κ1) is 9.92. The van der Waals surface area contributed by atoms with Crippen LogP contribution in [-0.2, 0) is 4.74 Å². The molecule has 1 saturated heterocycles. The monoisotopic (exact) mass is 174 g/mol. The number of ether oxygens (including phenoxy) is 1. The van der Waals surface area contributed by atoms with Crippen LogP contribution in [0.4, 0.5) is 0 Å². The average molecular weight is 174 g/mol. The quantitative estimate of drug-likeness (QED) is 0.506. The lowest BCUT2D eigenvalue weighted by atomic mass is 9.97. The molecule has 0 aliphatic carbocycles. The summed E-state index contributed by atoms with van der Waals surface area (Å²) in [6.07, 6.45) is 0.165. The van der Waals surface area contributed by atoms with E-state index in [1.807, 2.05) is 14.0 Å². The SMILES string of the molecule is CNC[C@H]1O[C@H](C)[C@H](O)C[C@@H]1N. The molecule has 1 heterocycles. The third-order valence-electron chi connectivity index (χ3n) is 2.33. The highest BCUT2D eigenvalue weighted by Gasteiger charge is 2.31. The van der Waals surface area contributed by atoms with Gasteiger partial charge < -0.3 is 20.9 Å². The van der Waals surface area contributed by atoms with Crippen molar-refractivity contribution < 1.29 is 9.84 Å². The predicted octanol–water partition coefficient (Wildman–Crippen LogP) is -0.929. The molecule has 0 aromatic carbocycles. The molecule has 0 unspecified atom stereocenters. The zero-order chi connectivity index (χ0) is 9.14. The molecule has 0 saturated carbocycles. The van der Waals surface area contributed by atoms with E-state index in [4.69, 9.17) is 10.5 Å². The summed E-state index contributed by atoms with van der Waals surface area (Å²) in [5.74, 6) is 0. The Balaban J connectivity index is 2.43. The Morgan fingerprint density at radius 3 is 2.92 bits per heavy atom. The molecule has 1 rings (SSSR count). The Labute approximate surface area is 73.1 Å². The summed E-state index contributed by atoms with van der Waals surface area (Å²) in [7, 11) is 1.87. The Kier molecular flexibility index (Phi) is 3.46. The highest BCUT2D eigenvalue weighted by atomic mass is 16.5. The zero-order valence-corrected chi connectivity index (χ0v) is 7.66. The normalized spacial score (nSPS) is 43.0. The van der Waals surface area contributed by atoms with Crippen LogP contribution in [0, 0.1) is 0 Å². The molecule has 0 amide bonds. The summed E-state index contributed by atoms with van der Waals surface area (Å²) in [6.45, 7) is 2.62. The van der Waals surface area contributed by atoms with Crippen LogP contribution in [0.15, 0.2) is 0 Å². The molecule has 12 heavy (non-hydrogen) atoms. The second kappa shape index (κ2) is 4.18. The van der Waals surface area contributed by atoms with Gasteiger partial charge in [0.15, 0.2) is 0 Å². The summed E-state index contributed by atoms with van der Waals surface area (Å²) in [5, 5.41) is 12.4. The topological polar surface area (TPSA) is 67.5 Å². The summed E-state index contributed by atoms with van der Waals surface area (Å²) >= 11 is 0. The van der Waals surface area contributed by atoms with Gasteiger partial charge in [-0.05, 0) is 20.4 Å². The van der Waals surface area contributed by atoms with Crippen molar-refractivity contribution in [3.63, 3.8) is 0 Å². The van der Waals surface area contributed by atoms with Gasteiger partial charge in [0, 0.05) is 12.6 Å². The number of hydrogen-bond acceptors (Lipinski definition) is 4. The molecular weight excluding hydrogens is 156 g/mol. The van der Waals surface area contributed by atoms with Gasteiger partial charge in [-0.1, -0.05) is 0 Å². The van der Waals surface area contributed by atoms with Gasteiger partial charge >= 0.3 is 0 Å². The first-order valence-corrected chi connectivity index (χ1v) is 4.39. The Bertz CT molecular complexity index is 143. The van der Waals surface area contributed by atoms with E-state index in [1.54, 1.807) is 0 Å². The third kappa shape index (κ3) is 2.17. The van der Waals surface area contributed by atoms with Crippen molar-refractivity contribution in [3.8, 4) is 0 Å². The Hall–Kier alpha value is -0.160. The van der Waals surface area contributed by atoms with Gasteiger partial charge in [0.2, 0.25) is 0 Å². The number of aliphatic hydroxyl groups excluding tert-OH is 1. The van der Waals surface area contributed by atoms with Crippen LogP contribution in [0.25, 0.3) is 0 Å². The van der Waals surface area contributed by atoms with E-state index in [-0.39, 0.29) is 18.2 Å². The number of likely N-dealkylation sites (N-methyl/N-ethyl adjacent to an activating group) is 1. The van der Waals surface area contributed by atoms with Crippen molar-refractivity contribution in [2.45, 2.75) is 37.7 Å². The fourth-order valence-corrected chi connectivity index (χ4v) is 1.49. The minimum absolute atomic E-state index is 0.0356. The van der Waals surface area contributed by atoms with Crippen molar-refractivity contribution in [2.75, 3.05) is 13.6 Å². The number of rotatable bonds is 2. The van der Waals surface area contributed by atoms with Crippen molar-refractivity contribution in [2.24, 2.45) is 5.73 Å². The Morgan fingerprint density at radius 2 is 2.33 bits per heavy atom. The maximum Gasteiger partial charge on any atom is 0.0855 e. The molecule has 72 valence electrons. The second-order valence-corrected chi connectivity index (χ2v) is 3.40. The molecule has 1 fully saturated rings. The van der Waals surface area contributed by atoms with Crippen LogP contribution in [0.3, 0.4) is 0 Å². The molecule has 0 bridgehead atoms. The molecule has 4 atom stereocenters. The fourth-order valence-electron chi connectivity index (χ4n) is 1.49. The van der Waals surface area contributed by atoms with Crippen LogP contribution in [-0.4, -0.2) is 43.1 Å². The van der Waals surface area contributed by atoms with Crippen molar-refractivity contribution >= 4 is 0 Å². The van der Waals surface area contributed by atoms with Gasteiger partial charge in [-0.3, -0.25) is 0 Å². The van der Waals surface area contributed by atoms with E-state index in [0.717, 1.165) is 6.54 Å². The molecule has 0 radical (unpaired) electrons. The van der Waals surface area contributed by atoms with E-state index in [2.05, 4.69) is 5.32 Å². The summed E-state index contributed by atoms with van der Waals surface area (Å²) in [6, 6.07) is -0.0522. The fraction of sp³-hybridized carbons (Fsp3) is 1.00. The largest absolute Gasteiger partial charge is 0.390 e. The minimum Gasteiger partial charge on any atom is -0.390 e. The highest BCUT2D eigenvalue weighted by molar-refractivity contribution is 4.86.